The third-order valence-electron chi connectivity index (χ3n) is 4.04. The summed E-state index contributed by atoms with van der Waals surface area (Å²) < 4.78 is 0. The molecule has 2 fully saturated rings. The van der Waals surface area contributed by atoms with Gasteiger partial charge in [0.15, 0.2) is 0 Å². The Kier molecular flexibility index (Phi) is 5.37. The van der Waals surface area contributed by atoms with Crippen molar-refractivity contribution in [2.24, 2.45) is 11.8 Å². The van der Waals surface area contributed by atoms with Crippen molar-refractivity contribution in [3.05, 3.63) is 0 Å². The van der Waals surface area contributed by atoms with E-state index in [9.17, 15) is 4.79 Å². The molecular formula is C14H26N2OS. The molecule has 2 rings (SSSR count). The van der Waals surface area contributed by atoms with Crippen molar-refractivity contribution in [3.8, 4) is 0 Å². The normalized spacial score (nSPS) is 23.1. The summed E-state index contributed by atoms with van der Waals surface area (Å²) in [6, 6.07) is 0.644. The Morgan fingerprint density at radius 1 is 1.33 bits per heavy atom. The predicted octanol–water partition coefficient (Wildman–Crippen LogP) is 1.98. The summed E-state index contributed by atoms with van der Waals surface area (Å²) in [6.07, 6.45) is 7.15. The van der Waals surface area contributed by atoms with E-state index in [1.165, 1.54) is 19.4 Å². The van der Waals surface area contributed by atoms with Crippen LogP contribution in [0.3, 0.4) is 0 Å². The maximum absolute atomic E-state index is 12.2. The topological polar surface area (TPSA) is 32.3 Å². The first-order valence-corrected chi connectivity index (χ1v) is 8.61. The number of hydrogen-bond acceptors (Lipinski definition) is 3. The lowest BCUT2D eigenvalue weighted by Crippen LogP contribution is -2.47. The molecule has 1 saturated carbocycles. The van der Waals surface area contributed by atoms with Crippen LogP contribution in [-0.2, 0) is 4.79 Å². The number of likely N-dealkylation sites (tertiary alicyclic amines) is 1. The Morgan fingerprint density at radius 2 is 2.00 bits per heavy atom. The Morgan fingerprint density at radius 3 is 2.56 bits per heavy atom. The van der Waals surface area contributed by atoms with Gasteiger partial charge in [0, 0.05) is 30.8 Å². The van der Waals surface area contributed by atoms with Gasteiger partial charge in [-0.1, -0.05) is 6.92 Å². The van der Waals surface area contributed by atoms with E-state index in [1.807, 2.05) is 0 Å². The highest BCUT2D eigenvalue weighted by molar-refractivity contribution is 7.98. The van der Waals surface area contributed by atoms with Crippen molar-refractivity contribution in [2.75, 3.05) is 31.6 Å². The number of hydrogen-bond donors (Lipinski definition) is 1. The fourth-order valence-corrected chi connectivity index (χ4v) is 3.23. The lowest BCUT2D eigenvalue weighted by Gasteiger charge is -2.34. The van der Waals surface area contributed by atoms with Gasteiger partial charge < -0.3 is 10.2 Å². The van der Waals surface area contributed by atoms with Crippen LogP contribution in [0.2, 0.25) is 0 Å². The Bertz CT molecular complexity index is 273. The molecule has 0 aromatic rings. The van der Waals surface area contributed by atoms with Gasteiger partial charge in [-0.05, 0) is 44.4 Å². The lowest BCUT2D eigenvalue weighted by atomic mass is 10.0. The summed E-state index contributed by atoms with van der Waals surface area (Å²) in [5.41, 5.74) is 0. The smallest absolute Gasteiger partial charge is 0.226 e. The molecule has 18 heavy (non-hydrogen) atoms. The van der Waals surface area contributed by atoms with Gasteiger partial charge in [-0.25, -0.2) is 0 Å². The molecule has 3 nitrogen and oxygen atoms in total. The Hall–Kier alpha value is -0.220. The first-order valence-electron chi connectivity index (χ1n) is 7.21. The van der Waals surface area contributed by atoms with E-state index >= 15 is 0 Å². The Labute approximate surface area is 115 Å². The van der Waals surface area contributed by atoms with Crippen molar-refractivity contribution in [1.82, 2.24) is 10.2 Å². The largest absolute Gasteiger partial charge is 0.342 e. The summed E-state index contributed by atoms with van der Waals surface area (Å²) in [7, 11) is 0. The van der Waals surface area contributed by atoms with Crippen LogP contribution in [0.15, 0.2) is 0 Å². The highest BCUT2D eigenvalue weighted by Crippen LogP contribution is 2.28. The monoisotopic (exact) mass is 270 g/mol. The second-order valence-corrected chi connectivity index (χ2v) is 6.72. The summed E-state index contributed by atoms with van der Waals surface area (Å²) >= 11 is 1.76. The van der Waals surface area contributed by atoms with Gasteiger partial charge in [-0.2, -0.15) is 11.8 Å². The van der Waals surface area contributed by atoms with Crippen molar-refractivity contribution in [2.45, 2.75) is 38.6 Å². The third-order valence-corrected chi connectivity index (χ3v) is 4.87. The molecule has 1 N–H and O–H groups in total. The average molecular weight is 270 g/mol. The fourth-order valence-electron chi connectivity index (χ4n) is 2.59. The number of piperidine rings is 1. The van der Waals surface area contributed by atoms with E-state index in [-0.39, 0.29) is 5.92 Å². The van der Waals surface area contributed by atoms with Crippen LogP contribution >= 0.6 is 11.8 Å². The summed E-state index contributed by atoms with van der Waals surface area (Å²) in [6.45, 7) is 5.14. The molecule has 4 heteroatoms. The summed E-state index contributed by atoms with van der Waals surface area (Å²) in [5.74, 6) is 2.42. The second-order valence-electron chi connectivity index (χ2n) is 5.81. The van der Waals surface area contributed by atoms with Crippen LogP contribution in [0.1, 0.15) is 32.6 Å². The highest BCUT2D eigenvalue weighted by Gasteiger charge is 2.27. The van der Waals surface area contributed by atoms with Crippen LogP contribution in [0.25, 0.3) is 0 Å². The minimum Gasteiger partial charge on any atom is -0.342 e. The minimum atomic E-state index is 0.177. The predicted molar refractivity (Wildman–Crippen MR) is 77.9 cm³/mol. The molecule has 1 saturated heterocycles. The third kappa shape index (κ3) is 4.16. The molecule has 1 atom stereocenters. The van der Waals surface area contributed by atoms with Crippen LogP contribution in [-0.4, -0.2) is 48.5 Å². The first kappa shape index (κ1) is 14.2. The zero-order valence-electron chi connectivity index (χ0n) is 11.7. The van der Waals surface area contributed by atoms with Crippen LogP contribution in [0.5, 0.6) is 0 Å². The van der Waals surface area contributed by atoms with Crippen molar-refractivity contribution in [1.29, 1.82) is 0 Å². The molecule has 2 aliphatic rings. The Balaban J connectivity index is 1.66. The molecule has 1 aliphatic heterocycles. The van der Waals surface area contributed by atoms with Gasteiger partial charge in [0.2, 0.25) is 5.91 Å². The molecular weight excluding hydrogens is 244 g/mol. The minimum absolute atomic E-state index is 0.177. The van der Waals surface area contributed by atoms with E-state index in [1.54, 1.807) is 11.8 Å². The number of thioether (sulfide) groups is 1. The molecule has 0 bridgehead atoms. The quantitative estimate of drug-likeness (QED) is 0.801. The zero-order valence-corrected chi connectivity index (χ0v) is 12.5. The molecule has 104 valence electrons. The molecule has 1 heterocycles. The van der Waals surface area contributed by atoms with Gasteiger partial charge in [0.25, 0.3) is 0 Å². The molecule has 1 unspecified atom stereocenters. The van der Waals surface area contributed by atoms with Crippen LogP contribution in [0, 0.1) is 11.8 Å². The van der Waals surface area contributed by atoms with Gasteiger partial charge >= 0.3 is 0 Å². The van der Waals surface area contributed by atoms with Gasteiger partial charge in [-0.3, -0.25) is 4.79 Å². The zero-order chi connectivity index (χ0) is 13.0. The summed E-state index contributed by atoms with van der Waals surface area (Å²) in [4.78, 5) is 14.2. The van der Waals surface area contributed by atoms with E-state index in [4.69, 9.17) is 0 Å². The average Bonchev–Trinajstić information content (AvgIpc) is 3.20. The van der Waals surface area contributed by atoms with Crippen LogP contribution in [0.4, 0.5) is 0 Å². The number of amides is 1. The maximum Gasteiger partial charge on any atom is 0.226 e. The van der Waals surface area contributed by atoms with Crippen molar-refractivity contribution in [3.63, 3.8) is 0 Å². The van der Waals surface area contributed by atoms with E-state index in [0.717, 1.165) is 37.6 Å². The molecule has 1 aliphatic carbocycles. The maximum atomic E-state index is 12.2. The number of rotatable bonds is 6. The molecule has 1 amide bonds. The number of nitrogens with one attached hydrogen (secondary N) is 1. The van der Waals surface area contributed by atoms with Gasteiger partial charge in [0.05, 0.1) is 0 Å². The van der Waals surface area contributed by atoms with E-state index in [2.05, 4.69) is 23.4 Å². The van der Waals surface area contributed by atoms with Crippen molar-refractivity contribution < 1.29 is 4.79 Å². The standard InChI is InChI=1S/C14H26N2OS/c1-11(10-18-2)14(17)16-7-5-13(6-8-16)15-9-12-3-4-12/h11-13,15H,3-10H2,1-2H3. The number of carbonyl (C=O) groups is 1. The fraction of sp³-hybridized carbons (Fsp3) is 0.929. The van der Waals surface area contributed by atoms with Gasteiger partial charge in [0.1, 0.15) is 0 Å². The number of carbonyl (C=O) groups excluding carboxylic acids is 1. The van der Waals surface area contributed by atoms with E-state index < -0.39 is 0 Å². The summed E-state index contributed by atoms with van der Waals surface area (Å²) in [5, 5.41) is 3.66. The molecule has 0 spiro atoms. The molecule has 0 aromatic heterocycles. The van der Waals surface area contributed by atoms with Crippen LogP contribution < -0.4 is 5.32 Å². The number of nitrogens with zero attached hydrogens (tertiary/aromatic N) is 1. The first-order chi connectivity index (χ1) is 8.70. The second kappa shape index (κ2) is 6.80. The van der Waals surface area contributed by atoms with Gasteiger partial charge in [-0.15, -0.1) is 0 Å². The lowest BCUT2D eigenvalue weighted by molar-refractivity contribution is -0.135. The van der Waals surface area contributed by atoms with E-state index in [0.29, 0.717) is 11.9 Å². The molecule has 0 aromatic carbocycles. The molecule has 0 radical (unpaired) electrons. The SMILES string of the molecule is CSCC(C)C(=O)N1CCC(NCC2CC2)CC1. The van der Waals surface area contributed by atoms with Crippen molar-refractivity contribution >= 4 is 17.7 Å². The highest BCUT2D eigenvalue weighted by atomic mass is 32.2.